The molecule has 0 saturated carbocycles. The predicted octanol–water partition coefficient (Wildman–Crippen LogP) is 3.91. The molecule has 2 heterocycles. The van der Waals surface area contributed by atoms with Crippen molar-refractivity contribution in [2.45, 2.75) is 40.0 Å². The molecule has 0 aliphatic carbocycles. The molecule has 0 aliphatic heterocycles. The van der Waals surface area contributed by atoms with E-state index in [2.05, 4.69) is 42.9 Å². The van der Waals surface area contributed by atoms with Gasteiger partial charge in [0.05, 0.1) is 15.6 Å². The summed E-state index contributed by atoms with van der Waals surface area (Å²) in [5.74, 6) is 1.80. The van der Waals surface area contributed by atoms with Crippen LogP contribution in [-0.4, -0.2) is 20.2 Å². The Morgan fingerprint density at radius 3 is 2.39 bits per heavy atom. The van der Waals surface area contributed by atoms with E-state index in [0.717, 1.165) is 22.8 Å². The maximum Gasteiger partial charge on any atom is 0.213 e. The minimum Gasteiger partial charge on any atom is -0.281 e. The van der Waals surface area contributed by atoms with Crippen molar-refractivity contribution >= 4 is 23.6 Å². The second-order valence-electron chi connectivity index (χ2n) is 5.09. The van der Waals surface area contributed by atoms with Crippen molar-refractivity contribution in [3.05, 3.63) is 15.5 Å². The van der Waals surface area contributed by atoms with E-state index in [1.807, 2.05) is 0 Å². The average molecular weight is 282 g/mol. The van der Waals surface area contributed by atoms with Gasteiger partial charge in [-0.3, -0.25) is 10.2 Å². The standard InChI is InChI=1S/C12H18N4S2/c1-6(2)5-8-13-9(7(3)4)10(18-8)11-14-12(17)16-15-11/h6-7H,5H2,1-4H3,(H2,14,15,16,17). The molecular formula is C12H18N4S2. The molecule has 18 heavy (non-hydrogen) atoms. The second kappa shape index (κ2) is 5.32. The van der Waals surface area contributed by atoms with Crippen LogP contribution in [0.2, 0.25) is 0 Å². The van der Waals surface area contributed by atoms with Crippen LogP contribution in [0.25, 0.3) is 10.7 Å². The summed E-state index contributed by atoms with van der Waals surface area (Å²) in [6, 6.07) is 0. The van der Waals surface area contributed by atoms with Gasteiger partial charge in [0.15, 0.2) is 5.82 Å². The molecule has 98 valence electrons. The summed E-state index contributed by atoms with van der Waals surface area (Å²) < 4.78 is 0.485. The number of nitrogens with zero attached hydrogens (tertiary/aromatic N) is 2. The van der Waals surface area contributed by atoms with Crippen LogP contribution >= 0.6 is 23.6 Å². The summed E-state index contributed by atoms with van der Waals surface area (Å²) >= 11 is 6.72. The van der Waals surface area contributed by atoms with E-state index < -0.39 is 0 Å². The number of H-pyrrole nitrogens is 2. The van der Waals surface area contributed by atoms with Crippen LogP contribution in [0.5, 0.6) is 0 Å². The summed E-state index contributed by atoms with van der Waals surface area (Å²) in [6.07, 6.45) is 1.01. The lowest BCUT2D eigenvalue weighted by Gasteiger charge is -2.02. The van der Waals surface area contributed by atoms with Crippen molar-refractivity contribution in [2.75, 3.05) is 0 Å². The van der Waals surface area contributed by atoms with E-state index in [1.165, 1.54) is 5.01 Å². The number of aromatic nitrogens is 4. The largest absolute Gasteiger partial charge is 0.281 e. The first-order valence-electron chi connectivity index (χ1n) is 6.12. The fraction of sp³-hybridized carbons (Fsp3) is 0.583. The van der Waals surface area contributed by atoms with Gasteiger partial charge >= 0.3 is 0 Å². The molecule has 0 saturated heterocycles. The molecule has 2 aromatic heterocycles. The van der Waals surface area contributed by atoms with Gasteiger partial charge in [-0.1, -0.05) is 27.7 Å². The molecule has 2 aromatic rings. The third-order valence-corrected chi connectivity index (χ3v) is 3.84. The zero-order chi connectivity index (χ0) is 13.3. The Morgan fingerprint density at radius 2 is 1.89 bits per heavy atom. The van der Waals surface area contributed by atoms with E-state index in [9.17, 15) is 0 Å². The molecule has 2 N–H and O–H groups in total. The predicted molar refractivity (Wildman–Crippen MR) is 77.5 cm³/mol. The first kappa shape index (κ1) is 13.4. The molecule has 4 nitrogen and oxygen atoms in total. The molecule has 6 heteroatoms. The quantitative estimate of drug-likeness (QED) is 0.836. The van der Waals surface area contributed by atoms with Crippen LogP contribution in [0.15, 0.2) is 0 Å². The van der Waals surface area contributed by atoms with Gasteiger partial charge in [-0.2, -0.15) is 4.98 Å². The van der Waals surface area contributed by atoms with Crippen LogP contribution in [-0.2, 0) is 6.42 Å². The third kappa shape index (κ3) is 2.87. The molecule has 0 atom stereocenters. The normalized spacial score (nSPS) is 11.7. The van der Waals surface area contributed by atoms with Crippen molar-refractivity contribution in [1.82, 2.24) is 20.2 Å². The minimum absolute atomic E-state index is 0.385. The highest BCUT2D eigenvalue weighted by Gasteiger charge is 2.18. The molecule has 0 unspecified atom stereocenters. The number of aromatic amines is 2. The van der Waals surface area contributed by atoms with Crippen molar-refractivity contribution in [1.29, 1.82) is 0 Å². The van der Waals surface area contributed by atoms with Crippen molar-refractivity contribution in [3.63, 3.8) is 0 Å². The Bertz CT molecular complexity index is 577. The van der Waals surface area contributed by atoms with E-state index in [4.69, 9.17) is 17.2 Å². The highest BCUT2D eigenvalue weighted by Crippen LogP contribution is 2.33. The Kier molecular flexibility index (Phi) is 3.97. The van der Waals surface area contributed by atoms with Crippen molar-refractivity contribution in [3.8, 4) is 10.7 Å². The van der Waals surface area contributed by atoms with E-state index in [-0.39, 0.29) is 0 Å². The van der Waals surface area contributed by atoms with Gasteiger partial charge < -0.3 is 0 Å². The molecule has 0 fully saturated rings. The number of nitrogens with one attached hydrogen (secondary N) is 2. The van der Waals surface area contributed by atoms with Gasteiger partial charge in [0, 0.05) is 6.42 Å². The lowest BCUT2D eigenvalue weighted by Crippen LogP contribution is -1.95. The fourth-order valence-corrected chi connectivity index (χ4v) is 3.27. The second-order valence-corrected chi connectivity index (χ2v) is 6.56. The third-order valence-electron chi connectivity index (χ3n) is 2.54. The Balaban J connectivity index is 2.44. The van der Waals surface area contributed by atoms with E-state index >= 15 is 0 Å². The van der Waals surface area contributed by atoms with E-state index in [1.54, 1.807) is 11.3 Å². The van der Waals surface area contributed by atoms with Crippen LogP contribution in [0.4, 0.5) is 0 Å². The molecule has 0 spiro atoms. The summed E-state index contributed by atoms with van der Waals surface area (Å²) in [6.45, 7) is 8.72. The zero-order valence-electron chi connectivity index (χ0n) is 11.1. The number of rotatable bonds is 4. The van der Waals surface area contributed by atoms with E-state index in [0.29, 0.717) is 16.6 Å². The Hall–Kier alpha value is -1.01. The Morgan fingerprint density at radius 1 is 1.17 bits per heavy atom. The first-order chi connectivity index (χ1) is 8.47. The smallest absolute Gasteiger partial charge is 0.213 e. The fourth-order valence-electron chi connectivity index (χ4n) is 1.75. The molecular weight excluding hydrogens is 264 g/mol. The summed E-state index contributed by atoms with van der Waals surface area (Å²) in [7, 11) is 0. The topological polar surface area (TPSA) is 57.4 Å². The number of thiazole rings is 1. The zero-order valence-corrected chi connectivity index (χ0v) is 12.7. The molecule has 0 bridgehead atoms. The molecule has 0 aliphatic rings. The first-order valence-corrected chi connectivity index (χ1v) is 7.34. The summed E-state index contributed by atoms with van der Waals surface area (Å²) in [5, 5.41) is 7.03. The lowest BCUT2D eigenvalue weighted by atomic mass is 10.1. The van der Waals surface area contributed by atoms with Gasteiger partial charge in [0.1, 0.15) is 0 Å². The highest BCUT2D eigenvalue weighted by molar-refractivity contribution is 7.71. The van der Waals surface area contributed by atoms with Gasteiger partial charge in [0.25, 0.3) is 0 Å². The van der Waals surface area contributed by atoms with Gasteiger partial charge in [0.2, 0.25) is 4.77 Å². The molecule has 0 amide bonds. The maximum atomic E-state index is 5.00. The summed E-state index contributed by atoms with van der Waals surface area (Å²) in [4.78, 5) is 10.1. The molecule has 2 rings (SSSR count). The van der Waals surface area contributed by atoms with Gasteiger partial charge in [-0.05, 0) is 24.1 Å². The van der Waals surface area contributed by atoms with Crippen LogP contribution in [0.3, 0.4) is 0 Å². The minimum atomic E-state index is 0.385. The number of hydrogen-bond acceptors (Lipinski definition) is 4. The lowest BCUT2D eigenvalue weighted by molar-refractivity contribution is 0.641. The number of hydrogen-bond donors (Lipinski definition) is 2. The van der Waals surface area contributed by atoms with Gasteiger partial charge in [-0.15, -0.1) is 11.3 Å². The summed E-state index contributed by atoms with van der Waals surface area (Å²) in [5.41, 5.74) is 1.11. The van der Waals surface area contributed by atoms with Crippen molar-refractivity contribution in [2.24, 2.45) is 5.92 Å². The average Bonchev–Trinajstić information content (AvgIpc) is 2.83. The van der Waals surface area contributed by atoms with Crippen LogP contribution < -0.4 is 0 Å². The highest BCUT2D eigenvalue weighted by atomic mass is 32.1. The SMILES string of the molecule is CC(C)Cc1nc(C(C)C)c(-c2nc(=S)[nH][nH]2)s1. The van der Waals surface area contributed by atoms with Crippen LogP contribution in [0, 0.1) is 10.7 Å². The van der Waals surface area contributed by atoms with Crippen LogP contribution in [0.1, 0.15) is 44.3 Å². The monoisotopic (exact) mass is 282 g/mol. The molecule has 0 radical (unpaired) electrons. The van der Waals surface area contributed by atoms with Crippen molar-refractivity contribution < 1.29 is 0 Å². The maximum absolute atomic E-state index is 5.00. The Labute approximate surface area is 116 Å². The molecule has 0 aromatic carbocycles. The van der Waals surface area contributed by atoms with Gasteiger partial charge in [-0.25, -0.2) is 4.98 Å².